The van der Waals surface area contributed by atoms with Crippen LogP contribution in [0.3, 0.4) is 0 Å². The lowest BCUT2D eigenvalue weighted by molar-refractivity contribution is 0.395. The second-order valence-electron chi connectivity index (χ2n) is 4.38. The summed E-state index contributed by atoms with van der Waals surface area (Å²) in [6.07, 6.45) is 1.19. The van der Waals surface area contributed by atoms with Gasteiger partial charge in [0.1, 0.15) is 5.76 Å². The van der Waals surface area contributed by atoms with Crippen molar-refractivity contribution in [1.82, 2.24) is 15.2 Å². The summed E-state index contributed by atoms with van der Waals surface area (Å²) in [7, 11) is 4.20. The molecule has 0 aliphatic heterocycles. The number of thioether (sulfide) groups is 1. The molecular weight excluding hydrogens is 234 g/mol. The third-order valence-electron chi connectivity index (χ3n) is 2.47. The lowest BCUT2D eigenvalue weighted by Crippen LogP contribution is -2.23. The van der Waals surface area contributed by atoms with Crippen molar-refractivity contribution in [3.8, 4) is 0 Å². The van der Waals surface area contributed by atoms with Crippen molar-refractivity contribution in [2.24, 2.45) is 0 Å². The Labute approximate surface area is 108 Å². The highest BCUT2D eigenvalue weighted by atomic mass is 32.2. The highest BCUT2D eigenvalue weighted by Gasteiger charge is 2.04. The molecule has 0 atom stereocenters. The van der Waals surface area contributed by atoms with E-state index in [9.17, 15) is 0 Å². The van der Waals surface area contributed by atoms with Gasteiger partial charge in [-0.2, -0.15) is 0 Å². The van der Waals surface area contributed by atoms with Gasteiger partial charge in [0.15, 0.2) is 0 Å². The molecule has 98 valence electrons. The molecule has 1 rings (SSSR count). The van der Waals surface area contributed by atoms with Gasteiger partial charge in [0.05, 0.1) is 5.69 Å². The Morgan fingerprint density at radius 3 is 2.65 bits per heavy atom. The highest BCUT2D eigenvalue weighted by molar-refractivity contribution is 7.99. The van der Waals surface area contributed by atoms with Crippen LogP contribution >= 0.6 is 11.8 Å². The van der Waals surface area contributed by atoms with Gasteiger partial charge in [-0.1, -0.05) is 11.8 Å². The minimum atomic E-state index is 0.787. The second-order valence-corrected chi connectivity index (χ2v) is 5.42. The average molecular weight is 257 g/mol. The fourth-order valence-corrected chi connectivity index (χ4v) is 2.17. The Morgan fingerprint density at radius 2 is 2.06 bits per heavy atom. The quantitative estimate of drug-likeness (QED) is 0.569. The highest BCUT2D eigenvalue weighted by Crippen LogP contribution is 2.19. The maximum atomic E-state index is 5.49. The number of rotatable bonds is 8. The van der Waals surface area contributed by atoms with Crippen molar-refractivity contribution in [2.45, 2.75) is 25.5 Å². The van der Waals surface area contributed by atoms with Crippen LogP contribution in [0, 0.1) is 13.8 Å². The van der Waals surface area contributed by atoms with E-state index in [1.807, 2.05) is 13.8 Å². The lowest BCUT2D eigenvalue weighted by atomic mass is 10.4. The van der Waals surface area contributed by atoms with Crippen LogP contribution in [0.15, 0.2) is 9.64 Å². The molecule has 0 saturated heterocycles. The number of aryl methyl sites for hydroxylation is 2. The van der Waals surface area contributed by atoms with E-state index in [-0.39, 0.29) is 0 Å². The molecule has 0 aliphatic carbocycles. The SMILES string of the molecule is Cc1nc(SCCNCCCN(C)C)oc1C. The largest absolute Gasteiger partial charge is 0.437 e. The molecule has 0 radical (unpaired) electrons. The summed E-state index contributed by atoms with van der Waals surface area (Å²) in [4.78, 5) is 6.53. The van der Waals surface area contributed by atoms with E-state index in [1.54, 1.807) is 11.8 Å². The molecular formula is C12H23N3OS. The monoisotopic (exact) mass is 257 g/mol. The summed E-state index contributed by atoms with van der Waals surface area (Å²) in [5.74, 6) is 1.92. The molecule has 0 spiro atoms. The van der Waals surface area contributed by atoms with Crippen LogP contribution in [-0.2, 0) is 0 Å². The molecule has 17 heavy (non-hydrogen) atoms. The molecule has 0 bridgehead atoms. The molecule has 1 N–H and O–H groups in total. The third-order valence-corrected chi connectivity index (χ3v) is 3.30. The summed E-state index contributed by atoms with van der Waals surface area (Å²) in [6.45, 7) is 7.13. The first-order valence-corrected chi connectivity index (χ1v) is 7.00. The van der Waals surface area contributed by atoms with E-state index >= 15 is 0 Å². The molecule has 0 aromatic carbocycles. The molecule has 0 aliphatic rings. The van der Waals surface area contributed by atoms with Gasteiger partial charge in [0.2, 0.25) is 0 Å². The van der Waals surface area contributed by atoms with Crippen LogP contribution < -0.4 is 5.32 Å². The molecule has 0 saturated carbocycles. The summed E-state index contributed by atoms with van der Waals surface area (Å²) >= 11 is 1.67. The van der Waals surface area contributed by atoms with Gasteiger partial charge in [-0.3, -0.25) is 0 Å². The van der Waals surface area contributed by atoms with Gasteiger partial charge in [0, 0.05) is 12.3 Å². The van der Waals surface area contributed by atoms with Crippen LogP contribution in [0.1, 0.15) is 17.9 Å². The van der Waals surface area contributed by atoms with Crippen LogP contribution in [0.25, 0.3) is 0 Å². The zero-order valence-corrected chi connectivity index (χ0v) is 12.1. The minimum Gasteiger partial charge on any atom is -0.437 e. The Bertz CT molecular complexity index is 306. The van der Waals surface area contributed by atoms with Crippen molar-refractivity contribution < 1.29 is 4.42 Å². The number of hydrogen-bond acceptors (Lipinski definition) is 5. The standard InChI is InChI=1S/C12H23N3OS/c1-10-11(2)16-12(14-10)17-9-7-13-6-5-8-15(3)4/h13H,5-9H2,1-4H3. The number of aromatic nitrogens is 1. The molecule has 0 amide bonds. The summed E-state index contributed by atoms with van der Waals surface area (Å²) in [6, 6.07) is 0. The third kappa shape index (κ3) is 6.10. The molecule has 1 aromatic rings. The summed E-state index contributed by atoms with van der Waals surface area (Å²) < 4.78 is 5.49. The van der Waals surface area contributed by atoms with Crippen molar-refractivity contribution in [2.75, 3.05) is 39.5 Å². The minimum absolute atomic E-state index is 0.787. The Hall–Kier alpha value is -0.520. The number of nitrogens with one attached hydrogen (secondary N) is 1. The van der Waals surface area contributed by atoms with Crippen LogP contribution in [0.2, 0.25) is 0 Å². The predicted octanol–water partition coefficient (Wildman–Crippen LogP) is 1.92. The van der Waals surface area contributed by atoms with Gasteiger partial charge in [-0.05, 0) is 47.5 Å². The Balaban J connectivity index is 2.01. The first-order chi connectivity index (χ1) is 8.09. The van der Waals surface area contributed by atoms with Crippen molar-refractivity contribution in [3.05, 3.63) is 11.5 Å². The van der Waals surface area contributed by atoms with E-state index in [0.717, 1.165) is 42.1 Å². The maximum absolute atomic E-state index is 5.49. The topological polar surface area (TPSA) is 41.3 Å². The van der Waals surface area contributed by atoms with Gasteiger partial charge in [0.25, 0.3) is 5.22 Å². The number of hydrogen-bond donors (Lipinski definition) is 1. The van der Waals surface area contributed by atoms with Gasteiger partial charge < -0.3 is 14.6 Å². The normalized spacial score (nSPS) is 11.4. The fourth-order valence-electron chi connectivity index (χ4n) is 1.36. The van der Waals surface area contributed by atoms with E-state index in [4.69, 9.17) is 4.42 Å². The van der Waals surface area contributed by atoms with Crippen LogP contribution in [0.5, 0.6) is 0 Å². The van der Waals surface area contributed by atoms with Crippen molar-refractivity contribution >= 4 is 11.8 Å². The molecule has 5 heteroatoms. The molecule has 4 nitrogen and oxygen atoms in total. The summed E-state index contributed by atoms with van der Waals surface area (Å²) in [5.41, 5.74) is 0.992. The van der Waals surface area contributed by atoms with E-state index in [2.05, 4.69) is 29.3 Å². The van der Waals surface area contributed by atoms with Crippen molar-refractivity contribution in [3.63, 3.8) is 0 Å². The van der Waals surface area contributed by atoms with E-state index < -0.39 is 0 Å². The van der Waals surface area contributed by atoms with E-state index in [0.29, 0.717) is 0 Å². The summed E-state index contributed by atoms with van der Waals surface area (Å²) in [5, 5.41) is 4.20. The zero-order chi connectivity index (χ0) is 12.7. The molecule has 0 fully saturated rings. The van der Waals surface area contributed by atoms with Crippen LogP contribution in [-0.4, -0.2) is 49.4 Å². The first kappa shape index (κ1) is 14.5. The smallest absolute Gasteiger partial charge is 0.256 e. The average Bonchev–Trinajstić information content (AvgIpc) is 2.56. The number of nitrogens with zero attached hydrogens (tertiary/aromatic N) is 2. The molecule has 1 heterocycles. The predicted molar refractivity (Wildman–Crippen MR) is 72.7 cm³/mol. The van der Waals surface area contributed by atoms with Crippen LogP contribution in [0.4, 0.5) is 0 Å². The molecule has 0 unspecified atom stereocenters. The fraction of sp³-hybridized carbons (Fsp3) is 0.750. The first-order valence-electron chi connectivity index (χ1n) is 6.02. The van der Waals surface area contributed by atoms with Gasteiger partial charge >= 0.3 is 0 Å². The van der Waals surface area contributed by atoms with E-state index in [1.165, 1.54) is 6.42 Å². The zero-order valence-electron chi connectivity index (χ0n) is 11.2. The maximum Gasteiger partial charge on any atom is 0.256 e. The Kier molecular flexibility index (Phi) is 6.62. The lowest BCUT2D eigenvalue weighted by Gasteiger charge is -2.09. The Morgan fingerprint density at radius 1 is 1.29 bits per heavy atom. The molecule has 1 aromatic heterocycles. The van der Waals surface area contributed by atoms with Gasteiger partial charge in [-0.15, -0.1) is 0 Å². The number of oxazole rings is 1. The van der Waals surface area contributed by atoms with Crippen molar-refractivity contribution in [1.29, 1.82) is 0 Å². The van der Waals surface area contributed by atoms with Gasteiger partial charge in [-0.25, -0.2) is 4.98 Å². The second kappa shape index (κ2) is 7.74.